The molecule has 1 N–H and O–H groups in total. The molecule has 2 aromatic heterocycles. The zero-order valence-electron chi connectivity index (χ0n) is 9.24. The minimum absolute atomic E-state index is 0.667. The predicted molar refractivity (Wildman–Crippen MR) is 75.9 cm³/mol. The maximum absolute atomic E-state index is 4.35. The van der Waals surface area contributed by atoms with E-state index >= 15 is 0 Å². The summed E-state index contributed by atoms with van der Waals surface area (Å²) in [6, 6.07) is 5.91. The number of hydrogen-bond donors (Lipinski definition) is 1. The number of anilines is 1. The molecule has 17 heavy (non-hydrogen) atoms. The van der Waals surface area contributed by atoms with E-state index in [2.05, 4.69) is 47.1 Å². The van der Waals surface area contributed by atoms with Gasteiger partial charge in [-0.25, -0.2) is 0 Å². The third-order valence-corrected chi connectivity index (χ3v) is 3.46. The molecule has 0 saturated carbocycles. The van der Waals surface area contributed by atoms with Gasteiger partial charge in [0.1, 0.15) is 0 Å². The average Bonchev–Trinajstić information content (AvgIpc) is 2.30. The third kappa shape index (κ3) is 3.26. The second-order valence-electron chi connectivity index (χ2n) is 3.57. The molecule has 0 unspecified atom stereocenters. The second-order valence-corrected chi connectivity index (χ2v) is 5.34. The molecule has 0 bridgehead atoms. The van der Waals surface area contributed by atoms with Crippen molar-refractivity contribution in [2.75, 3.05) is 5.32 Å². The van der Waals surface area contributed by atoms with Gasteiger partial charge in [-0.05, 0) is 57.0 Å². The fourth-order valence-electron chi connectivity index (χ4n) is 1.42. The van der Waals surface area contributed by atoms with E-state index in [4.69, 9.17) is 0 Å². The molecule has 2 aromatic rings. The van der Waals surface area contributed by atoms with Crippen LogP contribution in [0.3, 0.4) is 0 Å². The number of hydrogen-bond acceptors (Lipinski definition) is 3. The lowest BCUT2D eigenvalue weighted by Gasteiger charge is -2.09. The Morgan fingerprint density at radius 1 is 1.29 bits per heavy atom. The van der Waals surface area contributed by atoms with Crippen molar-refractivity contribution >= 4 is 37.5 Å². The molecule has 5 heteroatoms. The first-order valence-electron chi connectivity index (χ1n) is 5.12. The molecule has 2 rings (SSSR count). The highest BCUT2D eigenvalue weighted by Gasteiger charge is 2.03. The minimum atomic E-state index is 0.667. The van der Waals surface area contributed by atoms with Gasteiger partial charge in [0.05, 0.1) is 23.6 Å². The van der Waals surface area contributed by atoms with E-state index in [0.717, 1.165) is 26.0 Å². The minimum Gasteiger partial charge on any atom is -0.378 e. The first-order chi connectivity index (χ1) is 8.16. The standard InChI is InChI=1S/C12H11Br2N3/c1-8-11(3-2-4-15-8)17-7-12-10(14)5-9(13)6-16-12/h2-6,17H,7H2,1H3. The molecular formula is C12H11Br2N3. The van der Waals surface area contributed by atoms with Gasteiger partial charge in [-0.1, -0.05) is 0 Å². The monoisotopic (exact) mass is 355 g/mol. The van der Waals surface area contributed by atoms with Gasteiger partial charge in [0.2, 0.25) is 0 Å². The van der Waals surface area contributed by atoms with Crippen LogP contribution in [-0.4, -0.2) is 9.97 Å². The Labute approximate surface area is 117 Å². The van der Waals surface area contributed by atoms with Crippen molar-refractivity contribution in [1.82, 2.24) is 9.97 Å². The van der Waals surface area contributed by atoms with Crippen LogP contribution in [0.4, 0.5) is 5.69 Å². The number of aromatic nitrogens is 2. The van der Waals surface area contributed by atoms with Crippen LogP contribution in [0.25, 0.3) is 0 Å². The van der Waals surface area contributed by atoms with Gasteiger partial charge in [-0.15, -0.1) is 0 Å². The van der Waals surface area contributed by atoms with Crippen molar-refractivity contribution in [2.45, 2.75) is 13.5 Å². The van der Waals surface area contributed by atoms with Crippen molar-refractivity contribution in [2.24, 2.45) is 0 Å². The van der Waals surface area contributed by atoms with Crippen molar-refractivity contribution < 1.29 is 0 Å². The fraction of sp³-hybridized carbons (Fsp3) is 0.167. The highest BCUT2D eigenvalue weighted by molar-refractivity contribution is 9.11. The Balaban J connectivity index is 2.10. The Morgan fingerprint density at radius 2 is 2.12 bits per heavy atom. The normalized spacial score (nSPS) is 10.3. The van der Waals surface area contributed by atoms with Gasteiger partial charge < -0.3 is 5.32 Å². The van der Waals surface area contributed by atoms with Crippen LogP contribution in [0.2, 0.25) is 0 Å². The zero-order chi connectivity index (χ0) is 12.3. The van der Waals surface area contributed by atoms with E-state index in [9.17, 15) is 0 Å². The van der Waals surface area contributed by atoms with Crippen LogP contribution >= 0.6 is 31.9 Å². The summed E-state index contributed by atoms with van der Waals surface area (Å²) < 4.78 is 1.95. The molecule has 3 nitrogen and oxygen atoms in total. The molecule has 0 radical (unpaired) electrons. The molecule has 0 aliphatic carbocycles. The zero-order valence-corrected chi connectivity index (χ0v) is 12.4. The lowest BCUT2D eigenvalue weighted by molar-refractivity contribution is 1.02. The first-order valence-corrected chi connectivity index (χ1v) is 6.71. The Hall–Kier alpha value is -0.940. The van der Waals surface area contributed by atoms with E-state index < -0.39 is 0 Å². The molecule has 0 aliphatic rings. The molecule has 0 aromatic carbocycles. The van der Waals surface area contributed by atoms with Gasteiger partial charge >= 0.3 is 0 Å². The first kappa shape index (κ1) is 12.5. The third-order valence-electron chi connectivity index (χ3n) is 2.34. The van der Waals surface area contributed by atoms with Crippen LogP contribution in [0.1, 0.15) is 11.4 Å². The number of pyridine rings is 2. The summed E-state index contributed by atoms with van der Waals surface area (Å²) in [7, 11) is 0. The summed E-state index contributed by atoms with van der Waals surface area (Å²) in [6.45, 7) is 2.65. The maximum Gasteiger partial charge on any atom is 0.0737 e. The largest absolute Gasteiger partial charge is 0.378 e. The highest BCUT2D eigenvalue weighted by Crippen LogP contribution is 2.21. The van der Waals surface area contributed by atoms with Crippen molar-refractivity contribution in [3.8, 4) is 0 Å². The van der Waals surface area contributed by atoms with Crippen LogP contribution < -0.4 is 5.32 Å². The van der Waals surface area contributed by atoms with E-state index in [1.165, 1.54) is 0 Å². The molecule has 0 saturated heterocycles. The van der Waals surface area contributed by atoms with E-state index in [1.54, 1.807) is 12.4 Å². The summed E-state index contributed by atoms with van der Waals surface area (Å²) in [4.78, 5) is 8.57. The molecule has 0 aliphatic heterocycles. The fourth-order valence-corrected chi connectivity index (χ4v) is 2.55. The number of nitrogens with zero attached hydrogens (tertiary/aromatic N) is 2. The maximum atomic E-state index is 4.35. The van der Waals surface area contributed by atoms with Gasteiger partial charge in [-0.3, -0.25) is 9.97 Å². The lowest BCUT2D eigenvalue weighted by Crippen LogP contribution is -2.04. The van der Waals surface area contributed by atoms with Gasteiger partial charge in [0, 0.05) is 21.3 Å². The lowest BCUT2D eigenvalue weighted by atomic mass is 10.3. The molecule has 0 spiro atoms. The molecule has 0 amide bonds. The van der Waals surface area contributed by atoms with E-state index in [1.807, 2.05) is 25.1 Å². The topological polar surface area (TPSA) is 37.8 Å². The van der Waals surface area contributed by atoms with Crippen LogP contribution in [0.5, 0.6) is 0 Å². The molecule has 2 heterocycles. The Bertz CT molecular complexity index is 529. The van der Waals surface area contributed by atoms with Crippen molar-refractivity contribution in [3.05, 3.63) is 50.9 Å². The Morgan fingerprint density at radius 3 is 2.82 bits per heavy atom. The Kier molecular flexibility index (Phi) is 4.12. The van der Waals surface area contributed by atoms with Gasteiger partial charge in [0.25, 0.3) is 0 Å². The molecule has 0 atom stereocenters. The van der Waals surface area contributed by atoms with Crippen molar-refractivity contribution in [1.29, 1.82) is 0 Å². The number of halogens is 2. The summed E-state index contributed by atoms with van der Waals surface area (Å²) >= 11 is 6.87. The highest BCUT2D eigenvalue weighted by atomic mass is 79.9. The molecular weight excluding hydrogens is 346 g/mol. The van der Waals surface area contributed by atoms with E-state index in [-0.39, 0.29) is 0 Å². The average molecular weight is 357 g/mol. The summed E-state index contributed by atoms with van der Waals surface area (Å²) in [5, 5.41) is 3.32. The van der Waals surface area contributed by atoms with Crippen LogP contribution in [0, 0.1) is 6.92 Å². The van der Waals surface area contributed by atoms with E-state index in [0.29, 0.717) is 6.54 Å². The summed E-state index contributed by atoms with van der Waals surface area (Å²) in [6.07, 6.45) is 3.58. The number of nitrogens with one attached hydrogen (secondary N) is 1. The SMILES string of the molecule is Cc1ncccc1NCc1ncc(Br)cc1Br. The predicted octanol–water partition coefficient (Wildman–Crippen LogP) is 3.92. The van der Waals surface area contributed by atoms with Gasteiger partial charge in [0.15, 0.2) is 0 Å². The van der Waals surface area contributed by atoms with Crippen molar-refractivity contribution in [3.63, 3.8) is 0 Å². The van der Waals surface area contributed by atoms with Crippen LogP contribution in [0.15, 0.2) is 39.5 Å². The number of aryl methyl sites for hydroxylation is 1. The van der Waals surface area contributed by atoms with Crippen LogP contribution in [-0.2, 0) is 6.54 Å². The summed E-state index contributed by atoms with van der Waals surface area (Å²) in [5.74, 6) is 0. The number of rotatable bonds is 3. The summed E-state index contributed by atoms with van der Waals surface area (Å²) in [5.41, 5.74) is 2.99. The second kappa shape index (κ2) is 5.60. The van der Waals surface area contributed by atoms with Gasteiger partial charge in [-0.2, -0.15) is 0 Å². The molecule has 88 valence electrons. The molecule has 0 fully saturated rings. The quantitative estimate of drug-likeness (QED) is 0.905. The smallest absolute Gasteiger partial charge is 0.0737 e.